The summed E-state index contributed by atoms with van der Waals surface area (Å²) in [5.74, 6) is -0.976. The van der Waals surface area contributed by atoms with Crippen LogP contribution in [0.2, 0.25) is 0 Å². The van der Waals surface area contributed by atoms with Crippen molar-refractivity contribution >= 4 is 11.9 Å². The second-order valence-corrected chi connectivity index (χ2v) is 9.21. The van der Waals surface area contributed by atoms with E-state index < -0.39 is 34.9 Å². The van der Waals surface area contributed by atoms with Crippen molar-refractivity contribution in [1.29, 1.82) is 0 Å². The molecule has 1 aromatic rings. The van der Waals surface area contributed by atoms with Gasteiger partial charge in [0.05, 0.1) is 13.2 Å². The summed E-state index contributed by atoms with van der Waals surface area (Å²) in [6.45, 7) is 9.16. The highest BCUT2D eigenvalue weighted by atomic mass is 16.5. The van der Waals surface area contributed by atoms with Crippen LogP contribution < -0.4 is 10.9 Å². The lowest BCUT2D eigenvalue weighted by Crippen LogP contribution is -2.17. The summed E-state index contributed by atoms with van der Waals surface area (Å²) in [5, 5.41) is 23.2. The third-order valence-corrected chi connectivity index (χ3v) is 6.06. The molecule has 1 aromatic heterocycles. The largest absolute Gasteiger partial charge is 0.507 e. The Morgan fingerprint density at radius 3 is 2.50 bits per heavy atom. The summed E-state index contributed by atoms with van der Waals surface area (Å²) < 4.78 is 9.82. The van der Waals surface area contributed by atoms with E-state index in [9.17, 15) is 24.6 Å². The highest BCUT2D eigenvalue weighted by Gasteiger charge is 2.22. The Kier molecular flexibility index (Phi) is 14.5. The van der Waals surface area contributed by atoms with E-state index in [4.69, 9.17) is 4.42 Å². The Balaban J connectivity index is 2.82. The van der Waals surface area contributed by atoms with Crippen molar-refractivity contribution < 1.29 is 29.0 Å². The molecule has 0 spiro atoms. The van der Waals surface area contributed by atoms with Crippen LogP contribution in [0.4, 0.5) is 4.79 Å². The maximum absolute atomic E-state index is 12.9. The van der Waals surface area contributed by atoms with Gasteiger partial charge in [-0.1, -0.05) is 49.0 Å². The zero-order valence-electron chi connectivity index (χ0n) is 23.2. The number of amides is 1. The van der Waals surface area contributed by atoms with E-state index in [1.807, 2.05) is 45.9 Å². The minimum absolute atomic E-state index is 0.209. The van der Waals surface area contributed by atoms with E-state index in [2.05, 4.69) is 10.1 Å². The van der Waals surface area contributed by atoms with Gasteiger partial charge < -0.3 is 19.4 Å². The summed E-state index contributed by atoms with van der Waals surface area (Å²) in [7, 11) is 1.27. The number of alkyl carbamates (subject to hydrolysis) is 1. The van der Waals surface area contributed by atoms with Crippen molar-refractivity contribution in [3.8, 4) is 5.75 Å². The number of aromatic hydroxyl groups is 1. The third kappa shape index (κ3) is 11.2. The molecule has 1 heterocycles. The Labute approximate surface area is 225 Å². The Bertz CT molecular complexity index is 1150. The molecule has 1 amide bonds. The number of hydrogen-bond donors (Lipinski definition) is 3. The molecule has 8 heteroatoms. The normalized spacial score (nSPS) is 14.7. The Morgan fingerprint density at radius 2 is 1.87 bits per heavy atom. The SMILES string of the molecule is C/C=C/C/C=C(/C)[C@H](O)CC/C(C)=C\C=C(/C)C(=O)c1c(O)cc([C@H](C)CC/C=C/NC(=O)OC)oc1=O. The summed E-state index contributed by atoms with van der Waals surface area (Å²) in [5.41, 5.74) is 0.870. The minimum Gasteiger partial charge on any atom is -0.507 e. The Hall–Kier alpha value is -3.65. The maximum atomic E-state index is 12.9. The molecule has 2 atom stereocenters. The molecule has 1 rings (SSSR count). The van der Waals surface area contributed by atoms with Crippen molar-refractivity contribution in [2.24, 2.45) is 0 Å². The van der Waals surface area contributed by atoms with Crippen molar-refractivity contribution in [2.75, 3.05) is 7.11 Å². The van der Waals surface area contributed by atoms with Crippen LogP contribution in [-0.2, 0) is 4.74 Å². The maximum Gasteiger partial charge on any atom is 0.410 e. The topological polar surface area (TPSA) is 126 Å². The number of Topliss-reactive ketones (excluding diaryl/α,β-unsaturated/α-hetero) is 1. The molecule has 3 N–H and O–H groups in total. The van der Waals surface area contributed by atoms with Crippen LogP contribution in [0.3, 0.4) is 0 Å². The number of hydrogen-bond acceptors (Lipinski definition) is 7. The zero-order valence-corrected chi connectivity index (χ0v) is 23.2. The number of ketones is 1. The molecule has 0 saturated heterocycles. The first-order chi connectivity index (χ1) is 18.0. The first-order valence-electron chi connectivity index (χ1n) is 12.7. The lowest BCUT2D eigenvalue weighted by Gasteiger charge is -2.11. The smallest absolute Gasteiger partial charge is 0.410 e. The number of carbonyl (C=O) groups excluding carboxylic acids is 2. The molecule has 0 aliphatic heterocycles. The number of aliphatic hydroxyl groups is 1. The van der Waals surface area contributed by atoms with E-state index in [0.29, 0.717) is 25.7 Å². The summed E-state index contributed by atoms with van der Waals surface area (Å²) in [6.07, 6.45) is 14.6. The zero-order chi connectivity index (χ0) is 28.7. The number of carbonyl (C=O) groups is 2. The number of rotatable bonds is 14. The third-order valence-electron chi connectivity index (χ3n) is 6.06. The molecule has 0 aromatic carbocycles. The predicted octanol–water partition coefficient (Wildman–Crippen LogP) is 6.23. The molecule has 8 nitrogen and oxygen atoms in total. The monoisotopic (exact) mass is 527 g/mol. The van der Waals surface area contributed by atoms with Gasteiger partial charge in [0, 0.05) is 18.2 Å². The fraction of sp³-hybridized carbons (Fsp3) is 0.433. The van der Waals surface area contributed by atoms with Crippen molar-refractivity contribution in [3.63, 3.8) is 0 Å². The van der Waals surface area contributed by atoms with Crippen LogP contribution >= 0.6 is 0 Å². The van der Waals surface area contributed by atoms with Gasteiger partial charge in [0.25, 0.3) is 0 Å². The summed E-state index contributed by atoms with van der Waals surface area (Å²) in [4.78, 5) is 36.4. The molecule has 38 heavy (non-hydrogen) atoms. The van der Waals surface area contributed by atoms with Gasteiger partial charge in [0.15, 0.2) is 5.78 Å². The minimum atomic E-state index is -0.892. The highest BCUT2D eigenvalue weighted by molar-refractivity contribution is 6.09. The quantitative estimate of drug-likeness (QED) is 0.113. The molecule has 0 unspecified atom stereocenters. The van der Waals surface area contributed by atoms with Gasteiger partial charge in [-0.3, -0.25) is 10.1 Å². The molecule has 0 bridgehead atoms. The molecule has 0 aliphatic carbocycles. The molecule has 0 radical (unpaired) electrons. The van der Waals surface area contributed by atoms with Gasteiger partial charge in [0.1, 0.15) is 17.1 Å². The number of ether oxygens (including phenoxy) is 1. The molecular formula is C30H41NO7. The number of nitrogens with one attached hydrogen (secondary N) is 1. The number of allylic oxidation sites excluding steroid dienone is 8. The lowest BCUT2D eigenvalue weighted by molar-refractivity contribution is 0.102. The van der Waals surface area contributed by atoms with Gasteiger partial charge >= 0.3 is 11.7 Å². The first kappa shape index (κ1) is 32.4. The van der Waals surface area contributed by atoms with E-state index in [1.165, 1.54) is 19.4 Å². The summed E-state index contributed by atoms with van der Waals surface area (Å²) >= 11 is 0. The fourth-order valence-corrected chi connectivity index (χ4v) is 3.45. The summed E-state index contributed by atoms with van der Waals surface area (Å²) in [6, 6.07) is 1.30. The van der Waals surface area contributed by atoms with Crippen LogP contribution in [0, 0.1) is 0 Å². The molecule has 208 valence electrons. The average molecular weight is 528 g/mol. The van der Waals surface area contributed by atoms with Crippen molar-refractivity contribution in [3.05, 3.63) is 87.2 Å². The average Bonchev–Trinajstić information content (AvgIpc) is 2.89. The fourth-order valence-electron chi connectivity index (χ4n) is 3.45. The molecule has 0 fully saturated rings. The van der Waals surface area contributed by atoms with Crippen LogP contribution in [-0.4, -0.2) is 35.3 Å². The molecular weight excluding hydrogens is 486 g/mol. The van der Waals surface area contributed by atoms with Gasteiger partial charge in [-0.2, -0.15) is 0 Å². The number of aliphatic hydroxyl groups excluding tert-OH is 1. The second-order valence-electron chi connectivity index (χ2n) is 9.21. The standard InChI is InChI=1S/C30H41NO7/c1-7-8-9-12-21(3)24(32)17-15-20(2)14-16-23(5)28(34)27-25(33)19-26(38-29(27)35)22(4)13-10-11-18-31-30(36)37-6/h7-8,11-12,14,16,18-19,22,24,32-33H,9-10,13,15,17H2,1-6H3,(H,31,36)/b8-7+,18-11+,20-14-,21-12-,23-16+/t22-,24-/m1/s1. The van der Waals surface area contributed by atoms with E-state index in [1.54, 1.807) is 25.2 Å². The Morgan fingerprint density at radius 1 is 1.16 bits per heavy atom. The van der Waals surface area contributed by atoms with Crippen molar-refractivity contribution in [1.82, 2.24) is 5.32 Å². The van der Waals surface area contributed by atoms with Crippen LogP contribution in [0.5, 0.6) is 5.75 Å². The van der Waals surface area contributed by atoms with Crippen LogP contribution in [0.1, 0.15) is 88.8 Å². The molecule has 0 aliphatic rings. The van der Waals surface area contributed by atoms with E-state index in [0.717, 1.165) is 17.6 Å². The van der Waals surface area contributed by atoms with Gasteiger partial charge in [-0.25, -0.2) is 9.59 Å². The van der Waals surface area contributed by atoms with E-state index in [-0.39, 0.29) is 17.3 Å². The second kappa shape index (κ2) is 17.0. The lowest BCUT2D eigenvalue weighted by atomic mass is 9.99. The molecule has 0 saturated carbocycles. The van der Waals surface area contributed by atoms with Crippen molar-refractivity contribution in [2.45, 2.75) is 78.7 Å². The predicted molar refractivity (Wildman–Crippen MR) is 149 cm³/mol. The number of methoxy groups -OCH3 is 1. The van der Waals surface area contributed by atoms with Crippen LogP contribution in [0.25, 0.3) is 0 Å². The highest BCUT2D eigenvalue weighted by Crippen LogP contribution is 2.26. The van der Waals surface area contributed by atoms with Gasteiger partial charge in [0.2, 0.25) is 0 Å². The van der Waals surface area contributed by atoms with Gasteiger partial charge in [-0.15, -0.1) is 0 Å². The van der Waals surface area contributed by atoms with Crippen LogP contribution in [0.15, 0.2) is 74.7 Å². The van der Waals surface area contributed by atoms with E-state index >= 15 is 0 Å². The van der Waals surface area contributed by atoms with Gasteiger partial charge in [-0.05, 0) is 70.9 Å². The first-order valence-corrected chi connectivity index (χ1v) is 12.7.